The molecule has 116 valence electrons. The van der Waals surface area contributed by atoms with E-state index in [9.17, 15) is 8.42 Å². The van der Waals surface area contributed by atoms with Crippen molar-refractivity contribution < 1.29 is 13.2 Å². The summed E-state index contributed by atoms with van der Waals surface area (Å²) in [5, 5.41) is -0.0506. The van der Waals surface area contributed by atoms with Crippen molar-refractivity contribution in [3.8, 4) is 0 Å². The van der Waals surface area contributed by atoms with E-state index in [2.05, 4.69) is 9.71 Å². The molecule has 0 saturated carbocycles. The number of sulfonamides is 1. The summed E-state index contributed by atoms with van der Waals surface area (Å²) in [4.78, 5) is 4.05. The Morgan fingerprint density at radius 3 is 2.81 bits per heavy atom. The van der Waals surface area contributed by atoms with Crippen LogP contribution in [0.25, 0.3) is 5.65 Å². The van der Waals surface area contributed by atoms with Crippen molar-refractivity contribution in [3.05, 3.63) is 24.4 Å². The maximum atomic E-state index is 12.5. The number of fused-ring (bicyclic) bond motifs is 1. The third kappa shape index (κ3) is 3.34. The van der Waals surface area contributed by atoms with Crippen LogP contribution in [0, 0.1) is 0 Å². The van der Waals surface area contributed by atoms with Gasteiger partial charge in [0.1, 0.15) is 5.65 Å². The van der Waals surface area contributed by atoms with E-state index in [1.807, 2.05) is 20.8 Å². The van der Waals surface area contributed by atoms with Gasteiger partial charge in [0.15, 0.2) is 10.8 Å². The van der Waals surface area contributed by atoms with Gasteiger partial charge in [-0.15, -0.1) is 0 Å². The number of pyridine rings is 1. The number of hydrogen-bond acceptors (Lipinski definition) is 5. The Hall–Kier alpha value is -1.64. The number of hydrogen-bond donors (Lipinski definition) is 2. The first-order chi connectivity index (χ1) is 9.77. The minimum absolute atomic E-state index is 0.0251. The molecule has 21 heavy (non-hydrogen) atoms. The lowest BCUT2D eigenvalue weighted by molar-refractivity contribution is -0.00516. The highest BCUT2D eigenvalue weighted by atomic mass is 32.2. The standard InChI is InChI=1S/C13H20N4O3S/c1-4-20-13(2,3)9-15-21(18,19)12-11(14)16-10-7-5-6-8-17(10)12/h5-8,15H,4,9,14H2,1-3H3. The fourth-order valence-corrected chi connectivity index (χ4v) is 3.45. The topological polar surface area (TPSA) is 98.7 Å². The molecular formula is C13H20N4O3S. The molecule has 2 aromatic heterocycles. The summed E-state index contributed by atoms with van der Waals surface area (Å²) in [5.74, 6) is -0.0251. The molecule has 0 amide bonds. The first-order valence-electron chi connectivity index (χ1n) is 6.63. The van der Waals surface area contributed by atoms with Crippen LogP contribution in [0.5, 0.6) is 0 Å². The van der Waals surface area contributed by atoms with Gasteiger partial charge in [0.25, 0.3) is 10.0 Å². The van der Waals surface area contributed by atoms with Gasteiger partial charge in [-0.3, -0.25) is 4.40 Å². The van der Waals surface area contributed by atoms with E-state index in [1.54, 1.807) is 24.4 Å². The van der Waals surface area contributed by atoms with Crippen molar-refractivity contribution in [2.45, 2.75) is 31.4 Å². The van der Waals surface area contributed by atoms with Crippen molar-refractivity contribution >= 4 is 21.5 Å². The van der Waals surface area contributed by atoms with Gasteiger partial charge >= 0.3 is 0 Å². The minimum Gasteiger partial charge on any atom is -0.381 e. The highest BCUT2D eigenvalue weighted by Crippen LogP contribution is 2.20. The quantitative estimate of drug-likeness (QED) is 0.829. The minimum atomic E-state index is -3.78. The number of nitrogens with two attached hydrogens (primary N) is 1. The lowest BCUT2D eigenvalue weighted by Gasteiger charge is -2.24. The summed E-state index contributed by atoms with van der Waals surface area (Å²) < 4.78 is 34.4. The number of rotatable bonds is 6. The zero-order valence-electron chi connectivity index (χ0n) is 12.3. The number of imidazole rings is 1. The molecular weight excluding hydrogens is 292 g/mol. The Balaban J connectivity index is 2.32. The predicted octanol–water partition coefficient (Wildman–Crippen LogP) is 1.01. The third-order valence-corrected chi connectivity index (χ3v) is 4.43. The second-order valence-electron chi connectivity index (χ2n) is 5.25. The molecule has 0 radical (unpaired) electrons. The second-order valence-corrected chi connectivity index (χ2v) is 6.93. The van der Waals surface area contributed by atoms with Crippen LogP contribution in [-0.4, -0.2) is 36.6 Å². The number of nitrogens with zero attached hydrogens (tertiary/aromatic N) is 2. The van der Waals surface area contributed by atoms with Crippen molar-refractivity contribution in [2.24, 2.45) is 0 Å². The largest absolute Gasteiger partial charge is 0.381 e. The summed E-state index contributed by atoms with van der Waals surface area (Å²) >= 11 is 0. The number of nitrogen functional groups attached to an aromatic ring is 1. The Bertz CT molecular complexity index is 737. The molecule has 0 fully saturated rings. The van der Waals surface area contributed by atoms with Gasteiger partial charge in [0.2, 0.25) is 0 Å². The maximum absolute atomic E-state index is 12.5. The summed E-state index contributed by atoms with van der Waals surface area (Å²) in [6.07, 6.45) is 1.61. The average Bonchev–Trinajstić information content (AvgIpc) is 2.73. The van der Waals surface area contributed by atoms with Crippen molar-refractivity contribution in [3.63, 3.8) is 0 Å². The summed E-state index contributed by atoms with van der Waals surface area (Å²) in [6.45, 7) is 6.14. The van der Waals surface area contributed by atoms with Gasteiger partial charge in [0.05, 0.1) is 5.60 Å². The molecule has 0 unspecified atom stereocenters. The average molecular weight is 312 g/mol. The second kappa shape index (κ2) is 5.63. The van der Waals surface area contributed by atoms with Crippen molar-refractivity contribution in [2.75, 3.05) is 18.9 Å². The molecule has 0 aliphatic carbocycles. The van der Waals surface area contributed by atoms with Crippen LogP contribution in [0.2, 0.25) is 0 Å². The van der Waals surface area contributed by atoms with Crippen LogP contribution in [0.1, 0.15) is 20.8 Å². The van der Waals surface area contributed by atoms with Gasteiger partial charge in [-0.25, -0.2) is 18.1 Å². The Labute approximate surface area is 124 Å². The zero-order valence-corrected chi connectivity index (χ0v) is 13.1. The van der Waals surface area contributed by atoms with E-state index in [0.29, 0.717) is 12.3 Å². The Morgan fingerprint density at radius 1 is 1.43 bits per heavy atom. The monoisotopic (exact) mass is 312 g/mol. The van der Waals surface area contributed by atoms with Gasteiger partial charge in [-0.05, 0) is 32.9 Å². The third-order valence-electron chi connectivity index (χ3n) is 2.99. The lowest BCUT2D eigenvalue weighted by atomic mass is 10.1. The lowest BCUT2D eigenvalue weighted by Crippen LogP contribution is -2.40. The highest BCUT2D eigenvalue weighted by molar-refractivity contribution is 7.89. The van der Waals surface area contributed by atoms with Crippen LogP contribution in [0.4, 0.5) is 5.82 Å². The van der Waals surface area contributed by atoms with Gasteiger partial charge in [-0.1, -0.05) is 6.07 Å². The molecule has 2 heterocycles. The number of nitrogens with one attached hydrogen (secondary N) is 1. The molecule has 3 N–H and O–H groups in total. The van der Waals surface area contributed by atoms with Gasteiger partial charge in [0, 0.05) is 19.3 Å². The molecule has 0 aromatic carbocycles. The molecule has 2 aromatic rings. The molecule has 2 rings (SSSR count). The van der Waals surface area contributed by atoms with Crippen LogP contribution < -0.4 is 10.5 Å². The van der Waals surface area contributed by atoms with Crippen molar-refractivity contribution in [1.82, 2.24) is 14.1 Å². The zero-order chi connectivity index (χ0) is 15.7. The molecule has 0 bridgehead atoms. The van der Waals surface area contributed by atoms with Crippen LogP contribution >= 0.6 is 0 Å². The first kappa shape index (κ1) is 15.7. The van der Waals surface area contributed by atoms with Crippen LogP contribution in [0.15, 0.2) is 29.4 Å². The number of ether oxygens (including phenoxy) is 1. The smallest absolute Gasteiger partial charge is 0.260 e. The first-order valence-corrected chi connectivity index (χ1v) is 8.11. The van der Waals surface area contributed by atoms with E-state index in [4.69, 9.17) is 10.5 Å². The number of anilines is 1. The van der Waals surface area contributed by atoms with E-state index >= 15 is 0 Å². The summed E-state index contributed by atoms with van der Waals surface area (Å²) in [6, 6.07) is 5.18. The molecule has 0 spiro atoms. The SMILES string of the molecule is CCOC(C)(C)CNS(=O)(=O)c1c(N)nc2ccccn12. The normalized spacial score (nSPS) is 12.9. The molecule has 8 heteroatoms. The van der Waals surface area contributed by atoms with Crippen molar-refractivity contribution in [1.29, 1.82) is 0 Å². The fourth-order valence-electron chi connectivity index (χ4n) is 2.04. The highest BCUT2D eigenvalue weighted by Gasteiger charge is 2.27. The number of aromatic nitrogens is 2. The van der Waals surface area contributed by atoms with E-state index in [0.717, 1.165) is 0 Å². The molecule has 0 aliphatic rings. The molecule has 7 nitrogen and oxygen atoms in total. The van der Waals surface area contributed by atoms with E-state index < -0.39 is 15.6 Å². The fraction of sp³-hybridized carbons (Fsp3) is 0.462. The molecule has 0 aliphatic heterocycles. The maximum Gasteiger partial charge on any atom is 0.260 e. The van der Waals surface area contributed by atoms with Crippen LogP contribution in [0.3, 0.4) is 0 Å². The van der Waals surface area contributed by atoms with Crippen LogP contribution in [-0.2, 0) is 14.8 Å². The molecule has 0 saturated heterocycles. The van der Waals surface area contributed by atoms with Gasteiger partial charge < -0.3 is 10.5 Å². The summed E-state index contributed by atoms with van der Waals surface area (Å²) in [7, 11) is -3.78. The summed E-state index contributed by atoms with van der Waals surface area (Å²) in [5.41, 5.74) is 5.64. The van der Waals surface area contributed by atoms with E-state index in [1.165, 1.54) is 4.40 Å². The molecule has 0 atom stereocenters. The Kier molecular flexibility index (Phi) is 4.22. The predicted molar refractivity (Wildman–Crippen MR) is 80.5 cm³/mol. The Morgan fingerprint density at radius 2 is 2.14 bits per heavy atom. The van der Waals surface area contributed by atoms with E-state index in [-0.39, 0.29) is 17.4 Å². The van der Waals surface area contributed by atoms with Gasteiger partial charge in [-0.2, -0.15) is 0 Å².